The molecule has 0 unspecified atom stereocenters. The molecule has 1 aromatic rings. The van der Waals surface area contributed by atoms with Gasteiger partial charge in [-0.2, -0.15) is 0 Å². The lowest BCUT2D eigenvalue weighted by Gasteiger charge is -2.19. The average Bonchev–Trinajstić information content (AvgIpc) is 2.71. The van der Waals surface area contributed by atoms with Gasteiger partial charge in [-0.05, 0) is 44.9 Å². The van der Waals surface area contributed by atoms with Crippen LogP contribution in [-0.4, -0.2) is 18.4 Å². The predicted octanol–water partition coefficient (Wildman–Crippen LogP) is 2.69. The maximum Gasteiger partial charge on any atom is 0.306 e. The number of benzene rings is 1. The van der Waals surface area contributed by atoms with Gasteiger partial charge < -0.3 is 14.2 Å². The van der Waals surface area contributed by atoms with Crippen LogP contribution in [0.2, 0.25) is 0 Å². The second-order valence-electron chi connectivity index (χ2n) is 5.27. The van der Waals surface area contributed by atoms with Crippen molar-refractivity contribution in [1.29, 1.82) is 0 Å². The molecule has 18 heavy (non-hydrogen) atoms. The average molecular weight is 250 g/mol. The van der Waals surface area contributed by atoms with Crippen LogP contribution in [-0.2, 0) is 16.0 Å². The molecule has 98 valence electrons. The SMILES string of the molecule is CC(C)(C)OC(=O)CCc1ccc2c(c1)OCO2. The molecular weight excluding hydrogens is 232 g/mol. The van der Waals surface area contributed by atoms with E-state index in [9.17, 15) is 4.79 Å². The maximum absolute atomic E-state index is 11.6. The largest absolute Gasteiger partial charge is 0.460 e. The van der Waals surface area contributed by atoms with E-state index in [2.05, 4.69) is 0 Å². The van der Waals surface area contributed by atoms with E-state index in [1.165, 1.54) is 0 Å². The minimum absolute atomic E-state index is 0.180. The number of aryl methyl sites for hydroxylation is 1. The van der Waals surface area contributed by atoms with Crippen LogP contribution in [0, 0.1) is 0 Å². The monoisotopic (exact) mass is 250 g/mol. The van der Waals surface area contributed by atoms with Crippen LogP contribution in [0.5, 0.6) is 11.5 Å². The highest BCUT2D eigenvalue weighted by Gasteiger charge is 2.17. The van der Waals surface area contributed by atoms with E-state index in [-0.39, 0.29) is 12.8 Å². The van der Waals surface area contributed by atoms with Crippen LogP contribution in [0.15, 0.2) is 18.2 Å². The number of hydrogen-bond donors (Lipinski definition) is 0. The van der Waals surface area contributed by atoms with Crippen molar-refractivity contribution < 1.29 is 19.0 Å². The molecule has 1 aliphatic heterocycles. The first-order valence-corrected chi connectivity index (χ1v) is 6.04. The van der Waals surface area contributed by atoms with Gasteiger partial charge in [0.1, 0.15) is 5.60 Å². The standard InChI is InChI=1S/C14H18O4/c1-14(2,3)18-13(15)7-5-10-4-6-11-12(8-10)17-9-16-11/h4,6,8H,5,7,9H2,1-3H3. The molecule has 0 aromatic heterocycles. The summed E-state index contributed by atoms with van der Waals surface area (Å²) in [5, 5.41) is 0. The summed E-state index contributed by atoms with van der Waals surface area (Å²) in [6.45, 7) is 5.87. The fourth-order valence-electron chi connectivity index (χ4n) is 1.74. The fraction of sp³-hybridized carbons (Fsp3) is 0.500. The van der Waals surface area contributed by atoms with Gasteiger partial charge in [0.25, 0.3) is 0 Å². The van der Waals surface area contributed by atoms with Crippen LogP contribution < -0.4 is 9.47 Å². The summed E-state index contributed by atoms with van der Waals surface area (Å²) in [7, 11) is 0. The highest BCUT2D eigenvalue weighted by Crippen LogP contribution is 2.32. The van der Waals surface area contributed by atoms with E-state index in [1.807, 2.05) is 39.0 Å². The van der Waals surface area contributed by atoms with Gasteiger partial charge in [-0.25, -0.2) is 0 Å². The van der Waals surface area contributed by atoms with E-state index in [0.29, 0.717) is 12.8 Å². The highest BCUT2D eigenvalue weighted by atomic mass is 16.7. The first kappa shape index (κ1) is 12.7. The molecule has 2 rings (SSSR count). The molecule has 0 N–H and O–H groups in total. The van der Waals surface area contributed by atoms with Crippen molar-refractivity contribution in [2.45, 2.75) is 39.2 Å². The molecule has 4 heteroatoms. The third-order valence-electron chi connectivity index (χ3n) is 2.47. The Morgan fingerprint density at radius 1 is 1.28 bits per heavy atom. The Morgan fingerprint density at radius 3 is 2.72 bits per heavy atom. The first-order chi connectivity index (χ1) is 8.44. The van der Waals surface area contributed by atoms with Gasteiger partial charge in [0, 0.05) is 6.42 Å². The molecule has 1 aromatic carbocycles. The zero-order valence-electron chi connectivity index (χ0n) is 11.0. The van der Waals surface area contributed by atoms with E-state index >= 15 is 0 Å². The molecule has 0 spiro atoms. The maximum atomic E-state index is 11.6. The normalized spacial score (nSPS) is 13.5. The summed E-state index contributed by atoms with van der Waals surface area (Å²) in [4.78, 5) is 11.6. The zero-order valence-corrected chi connectivity index (χ0v) is 11.0. The summed E-state index contributed by atoms with van der Waals surface area (Å²) < 4.78 is 15.8. The topological polar surface area (TPSA) is 44.8 Å². The molecule has 0 saturated carbocycles. The van der Waals surface area contributed by atoms with Gasteiger partial charge >= 0.3 is 5.97 Å². The van der Waals surface area contributed by atoms with Crippen molar-refractivity contribution in [1.82, 2.24) is 0 Å². The second-order valence-corrected chi connectivity index (χ2v) is 5.27. The van der Waals surface area contributed by atoms with Crippen molar-refractivity contribution in [2.75, 3.05) is 6.79 Å². The molecule has 0 fully saturated rings. The molecule has 0 atom stereocenters. The Bertz CT molecular complexity index is 446. The van der Waals surface area contributed by atoms with Gasteiger partial charge in [0.05, 0.1) is 0 Å². The third kappa shape index (κ3) is 3.39. The summed E-state index contributed by atoms with van der Waals surface area (Å²) in [6, 6.07) is 5.72. The summed E-state index contributed by atoms with van der Waals surface area (Å²) >= 11 is 0. The summed E-state index contributed by atoms with van der Waals surface area (Å²) in [5.41, 5.74) is 0.622. The molecule has 4 nitrogen and oxygen atoms in total. The molecule has 0 amide bonds. The van der Waals surface area contributed by atoms with Crippen molar-refractivity contribution in [2.24, 2.45) is 0 Å². The molecule has 0 radical (unpaired) electrons. The van der Waals surface area contributed by atoms with Crippen molar-refractivity contribution in [3.05, 3.63) is 23.8 Å². The highest BCUT2D eigenvalue weighted by molar-refractivity contribution is 5.70. The number of hydrogen-bond acceptors (Lipinski definition) is 4. The van der Waals surface area contributed by atoms with Crippen LogP contribution in [0.3, 0.4) is 0 Å². The Hall–Kier alpha value is -1.71. The van der Waals surface area contributed by atoms with E-state index in [0.717, 1.165) is 17.1 Å². The van der Waals surface area contributed by atoms with E-state index in [1.54, 1.807) is 0 Å². The van der Waals surface area contributed by atoms with Crippen LogP contribution in [0.1, 0.15) is 32.8 Å². The minimum atomic E-state index is -0.425. The molecular formula is C14H18O4. The van der Waals surface area contributed by atoms with Gasteiger partial charge in [-0.1, -0.05) is 6.07 Å². The number of ether oxygens (including phenoxy) is 3. The number of fused-ring (bicyclic) bond motifs is 1. The molecule has 0 bridgehead atoms. The van der Waals surface area contributed by atoms with Gasteiger partial charge in [0.2, 0.25) is 6.79 Å². The number of carbonyl (C=O) groups excluding carboxylic acids is 1. The molecule has 1 heterocycles. The van der Waals surface area contributed by atoms with Crippen LogP contribution in [0.4, 0.5) is 0 Å². The van der Waals surface area contributed by atoms with Crippen LogP contribution >= 0.6 is 0 Å². The lowest BCUT2D eigenvalue weighted by Crippen LogP contribution is -2.23. The summed E-state index contributed by atoms with van der Waals surface area (Å²) in [5.74, 6) is 1.33. The van der Waals surface area contributed by atoms with Crippen LogP contribution in [0.25, 0.3) is 0 Å². The van der Waals surface area contributed by atoms with E-state index in [4.69, 9.17) is 14.2 Å². The third-order valence-corrected chi connectivity index (χ3v) is 2.47. The first-order valence-electron chi connectivity index (χ1n) is 6.04. The number of carbonyl (C=O) groups is 1. The molecule has 0 saturated heterocycles. The molecule has 1 aliphatic rings. The molecule has 0 aliphatic carbocycles. The van der Waals surface area contributed by atoms with Crippen molar-refractivity contribution in [3.63, 3.8) is 0 Å². The van der Waals surface area contributed by atoms with Crippen molar-refractivity contribution >= 4 is 5.97 Å². The van der Waals surface area contributed by atoms with E-state index < -0.39 is 5.60 Å². The Balaban J connectivity index is 1.89. The quantitative estimate of drug-likeness (QED) is 0.774. The number of rotatable bonds is 3. The van der Waals surface area contributed by atoms with Crippen molar-refractivity contribution in [3.8, 4) is 11.5 Å². The number of esters is 1. The van der Waals surface area contributed by atoms with Gasteiger partial charge in [-0.3, -0.25) is 4.79 Å². The zero-order chi connectivity index (χ0) is 13.2. The second kappa shape index (κ2) is 4.88. The Labute approximate surface area is 107 Å². The minimum Gasteiger partial charge on any atom is -0.460 e. The predicted molar refractivity (Wildman–Crippen MR) is 66.7 cm³/mol. The lowest BCUT2D eigenvalue weighted by atomic mass is 10.1. The smallest absolute Gasteiger partial charge is 0.306 e. The van der Waals surface area contributed by atoms with Gasteiger partial charge in [0.15, 0.2) is 11.5 Å². The van der Waals surface area contributed by atoms with Gasteiger partial charge in [-0.15, -0.1) is 0 Å². The Morgan fingerprint density at radius 2 is 2.00 bits per heavy atom. The Kier molecular flexibility index (Phi) is 3.45. The lowest BCUT2D eigenvalue weighted by molar-refractivity contribution is -0.154. The fourth-order valence-corrected chi connectivity index (χ4v) is 1.74. The summed E-state index contributed by atoms with van der Waals surface area (Å²) in [6.07, 6.45) is 1.02.